The molecule has 2 aromatic heterocycles. The van der Waals surface area contributed by atoms with Crippen LogP contribution in [0.2, 0.25) is 0 Å². The molecule has 2 aromatic rings. The van der Waals surface area contributed by atoms with Crippen LogP contribution >= 0.6 is 27.3 Å². The summed E-state index contributed by atoms with van der Waals surface area (Å²) in [5.41, 5.74) is 0. The Balaban J connectivity index is 1.60. The molecule has 0 aliphatic carbocycles. The van der Waals surface area contributed by atoms with Crippen LogP contribution in [-0.4, -0.2) is 34.1 Å². The number of hydrogen-bond donors (Lipinski definition) is 2. The van der Waals surface area contributed by atoms with Gasteiger partial charge in [-0.25, -0.2) is 0 Å². The van der Waals surface area contributed by atoms with Gasteiger partial charge in [0.2, 0.25) is 0 Å². The zero-order valence-electron chi connectivity index (χ0n) is 9.92. The molecule has 98 valence electrons. The van der Waals surface area contributed by atoms with Gasteiger partial charge in [-0.15, -0.1) is 11.3 Å². The van der Waals surface area contributed by atoms with E-state index in [0.717, 1.165) is 16.8 Å². The van der Waals surface area contributed by atoms with E-state index in [9.17, 15) is 5.11 Å². The van der Waals surface area contributed by atoms with E-state index in [1.54, 1.807) is 22.2 Å². The monoisotopic (exact) mass is 329 g/mol. The first-order valence-corrected chi connectivity index (χ1v) is 7.45. The smallest absolute Gasteiger partial charge is 0.0860 e. The molecule has 6 heteroatoms. The maximum Gasteiger partial charge on any atom is 0.0860 e. The van der Waals surface area contributed by atoms with E-state index in [1.165, 1.54) is 4.88 Å². The molecule has 4 nitrogen and oxygen atoms in total. The highest BCUT2D eigenvalue weighted by Crippen LogP contribution is 2.21. The van der Waals surface area contributed by atoms with E-state index in [2.05, 4.69) is 38.5 Å². The number of rotatable bonds is 7. The summed E-state index contributed by atoms with van der Waals surface area (Å²) in [6.45, 7) is 2.00. The fraction of sp³-hybridized carbons (Fsp3) is 0.417. The third-order valence-electron chi connectivity index (χ3n) is 2.51. The van der Waals surface area contributed by atoms with Crippen molar-refractivity contribution in [3.05, 3.63) is 39.3 Å². The summed E-state index contributed by atoms with van der Waals surface area (Å²) in [6, 6.07) is 6.04. The Morgan fingerprint density at radius 2 is 2.39 bits per heavy atom. The minimum atomic E-state index is -0.403. The molecule has 0 aromatic carbocycles. The maximum absolute atomic E-state index is 9.79. The highest BCUT2D eigenvalue weighted by molar-refractivity contribution is 9.11. The summed E-state index contributed by atoms with van der Waals surface area (Å²) in [7, 11) is 0. The standard InChI is InChI=1S/C12H16BrN3OS/c13-12-3-2-11(18-12)4-6-14-8-10(17)9-16-7-1-5-15-16/h1-3,5,7,10,14,17H,4,6,8-9H2. The van der Waals surface area contributed by atoms with Crippen LogP contribution in [0.15, 0.2) is 34.4 Å². The predicted molar refractivity (Wildman–Crippen MR) is 76.8 cm³/mol. The first-order chi connectivity index (χ1) is 8.74. The Bertz CT molecular complexity index is 458. The Labute approximate surface area is 119 Å². The van der Waals surface area contributed by atoms with Gasteiger partial charge in [0.25, 0.3) is 0 Å². The number of aromatic nitrogens is 2. The van der Waals surface area contributed by atoms with Crippen LogP contribution in [0, 0.1) is 0 Å². The fourth-order valence-electron chi connectivity index (χ4n) is 1.66. The lowest BCUT2D eigenvalue weighted by Crippen LogP contribution is -2.31. The Morgan fingerprint density at radius 1 is 1.50 bits per heavy atom. The molecule has 1 unspecified atom stereocenters. The minimum absolute atomic E-state index is 0.403. The molecule has 0 saturated carbocycles. The third-order valence-corrected chi connectivity index (χ3v) is 4.20. The zero-order chi connectivity index (χ0) is 12.8. The van der Waals surface area contributed by atoms with Gasteiger partial charge in [-0.05, 0) is 40.5 Å². The molecule has 1 atom stereocenters. The number of nitrogens with zero attached hydrogens (tertiary/aromatic N) is 2. The lowest BCUT2D eigenvalue weighted by atomic mass is 10.3. The summed E-state index contributed by atoms with van der Waals surface area (Å²) in [5.74, 6) is 0. The maximum atomic E-state index is 9.79. The van der Waals surface area contributed by atoms with Crippen molar-refractivity contribution in [2.75, 3.05) is 13.1 Å². The molecule has 0 aliphatic heterocycles. The first-order valence-electron chi connectivity index (χ1n) is 5.84. The summed E-state index contributed by atoms with van der Waals surface area (Å²) in [6.07, 6.45) is 4.16. The topological polar surface area (TPSA) is 50.1 Å². The van der Waals surface area contributed by atoms with E-state index < -0.39 is 6.10 Å². The van der Waals surface area contributed by atoms with Crippen molar-refractivity contribution in [2.45, 2.75) is 19.1 Å². The molecule has 0 saturated heterocycles. The molecular weight excluding hydrogens is 314 g/mol. The van der Waals surface area contributed by atoms with Crippen molar-refractivity contribution in [1.29, 1.82) is 0 Å². The lowest BCUT2D eigenvalue weighted by molar-refractivity contribution is 0.147. The Morgan fingerprint density at radius 3 is 3.06 bits per heavy atom. The normalized spacial score (nSPS) is 12.8. The second kappa shape index (κ2) is 7.04. The molecule has 0 fully saturated rings. The molecule has 2 N–H and O–H groups in total. The number of aliphatic hydroxyl groups is 1. The van der Waals surface area contributed by atoms with Gasteiger partial charge in [-0.2, -0.15) is 5.10 Å². The van der Waals surface area contributed by atoms with Crippen LogP contribution in [-0.2, 0) is 13.0 Å². The highest BCUT2D eigenvalue weighted by Gasteiger charge is 2.04. The van der Waals surface area contributed by atoms with Crippen molar-refractivity contribution in [3.8, 4) is 0 Å². The van der Waals surface area contributed by atoms with Gasteiger partial charge in [0, 0.05) is 30.4 Å². The van der Waals surface area contributed by atoms with Crippen LogP contribution in [0.4, 0.5) is 0 Å². The zero-order valence-corrected chi connectivity index (χ0v) is 12.3. The largest absolute Gasteiger partial charge is 0.390 e. The highest BCUT2D eigenvalue weighted by atomic mass is 79.9. The SMILES string of the molecule is OC(CNCCc1ccc(Br)s1)Cn1cccn1. The summed E-state index contributed by atoms with van der Waals surface area (Å²) < 4.78 is 2.90. The van der Waals surface area contributed by atoms with Crippen LogP contribution in [0.1, 0.15) is 4.88 Å². The van der Waals surface area contributed by atoms with Crippen molar-refractivity contribution >= 4 is 27.3 Å². The fourth-order valence-corrected chi connectivity index (χ4v) is 3.14. The Kier molecular flexibility index (Phi) is 5.37. The van der Waals surface area contributed by atoms with Gasteiger partial charge in [-0.3, -0.25) is 4.68 Å². The van der Waals surface area contributed by atoms with E-state index in [-0.39, 0.29) is 0 Å². The molecule has 0 amide bonds. The Hall–Kier alpha value is -0.690. The average Bonchev–Trinajstić information content (AvgIpc) is 2.96. The van der Waals surface area contributed by atoms with Gasteiger partial charge >= 0.3 is 0 Å². The molecule has 0 spiro atoms. The minimum Gasteiger partial charge on any atom is -0.390 e. The van der Waals surface area contributed by atoms with Crippen LogP contribution in [0.3, 0.4) is 0 Å². The van der Waals surface area contributed by atoms with Gasteiger partial charge in [0.05, 0.1) is 16.4 Å². The molecule has 2 rings (SSSR count). The molecule has 0 radical (unpaired) electrons. The van der Waals surface area contributed by atoms with Crippen molar-refractivity contribution in [3.63, 3.8) is 0 Å². The van der Waals surface area contributed by atoms with E-state index >= 15 is 0 Å². The lowest BCUT2D eigenvalue weighted by Gasteiger charge is -2.11. The van der Waals surface area contributed by atoms with Crippen molar-refractivity contribution < 1.29 is 5.11 Å². The molecule has 0 aliphatic rings. The van der Waals surface area contributed by atoms with Gasteiger partial charge in [0.1, 0.15) is 0 Å². The van der Waals surface area contributed by atoms with Crippen molar-refractivity contribution in [1.82, 2.24) is 15.1 Å². The van der Waals surface area contributed by atoms with E-state index in [0.29, 0.717) is 13.1 Å². The van der Waals surface area contributed by atoms with Crippen LogP contribution < -0.4 is 5.32 Å². The first kappa shape index (κ1) is 13.7. The van der Waals surface area contributed by atoms with Gasteiger partial charge in [0.15, 0.2) is 0 Å². The summed E-state index contributed by atoms with van der Waals surface area (Å²) in [4.78, 5) is 1.34. The number of thiophene rings is 1. The summed E-state index contributed by atoms with van der Waals surface area (Å²) in [5, 5.41) is 17.1. The quantitative estimate of drug-likeness (QED) is 0.763. The number of hydrogen-bond acceptors (Lipinski definition) is 4. The van der Waals surface area contributed by atoms with Gasteiger partial charge < -0.3 is 10.4 Å². The number of aliphatic hydroxyl groups excluding tert-OH is 1. The second-order valence-electron chi connectivity index (χ2n) is 4.04. The molecule has 18 heavy (non-hydrogen) atoms. The van der Waals surface area contributed by atoms with Crippen molar-refractivity contribution in [2.24, 2.45) is 0 Å². The van der Waals surface area contributed by atoms with E-state index in [1.807, 2.05) is 12.3 Å². The average molecular weight is 330 g/mol. The van der Waals surface area contributed by atoms with E-state index in [4.69, 9.17) is 0 Å². The second-order valence-corrected chi connectivity index (χ2v) is 6.59. The van der Waals surface area contributed by atoms with Crippen LogP contribution in [0.5, 0.6) is 0 Å². The number of halogens is 1. The molecular formula is C12H16BrN3OS. The van der Waals surface area contributed by atoms with Crippen LogP contribution in [0.25, 0.3) is 0 Å². The third kappa shape index (κ3) is 4.53. The van der Waals surface area contributed by atoms with Gasteiger partial charge in [-0.1, -0.05) is 0 Å². The molecule has 2 heterocycles. The summed E-state index contributed by atoms with van der Waals surface area (Å²) >= 11 is 5.20. The number of nitrogens with one attached hydrogen (secondary N) is 1. The molecule has 0 bridgehead atoms. The predicted octanol–water partition coefficient (Wildman–Crippen LogP) is 1.90.